The first-order chi connectivity index (χ1) is 5.65. The minimum atomic E-state index is 0.802. The average Bonchev–Trinajstić information content (AvgIpc) is 2.01. The van der Waals surface area contributed by atoms with Crippen molar-refractivity contribution in [2.75, 3.05) is 10.8 Å². The van der Waals surface area contributed by atoms with Gasteiger partial charge in [0.25, 0.3) is 0 Å². The smallest absolute Gasteiger partial charge is 0.0707 e. The Kier molecular flexibility index (Phi) is 3.15. The van der Waals surface area contributed by atoms with Crippen molar-refractivity contribution in [3.05, 3.63) is 28.8 Å². The SMILES string of the molecule is Cc1cc(C)c(NCBr)cc1C. The summed E-state index contributed by atoms with van der Waals surface area (Å²) in [4.78, 5) is 0. The predicted octanol–water partition coefficient (Wildman–Crippen LogP) is 3.38. The number of hydrogen-bond donors (Lipinski definition) is 1. The first-order valence-corrected chi connectivity index (χ1v) is 5.15. The molecular formula is C10H14BrN. The number of anilines is 1. The number of benzene rings is 1. The fourth-order valence-corrected chi connectivity index (χ4v) is 1.53. The molecule has 0 fully saturated rings. The molecule has 0 saturated carbocycles. The summed E-state index contributed by atoms with van der Waals surface area (Å²) in [6, 6.07) is 4.40. The van der Waals surface area contributed by atoms with Crippen molar-refractivity contribution in [2.24, 2.45) is 0 Å². The normalized spacial score (nSPS) is 10.0. The summed E-state index contributed by atoms with van der Waals surface area (Å²) >= 11 is 3.35. The molecule has 0 unspecified atom stereocenters. The van der Waals surface area contributed by atoms with E-state index in [2.05, 4.69) is 54.2 Å². The van der Waals surface area contributed by atoms with Gasteiger partial charge in [0.2, 0.25) is 0 Å². The van der Waals surface area contributed by atoms with Crippen molar-refractivity contribution in [3.63, 3.8) is 0 Å². The Bertz CT molecular complexity index is 281. The Morgan fingerprint density at radius 1 is 1.08 bits per heavy atom. The standard InChI is InChI=1S/C10H14BrN/c1-7-4-9(3)10(12-6-11)5-8(7)2/h4-5,12H,6H2,1-3H3. The molecule has 0 aliphatic rings. The van der Waals surface area contributed by atoms with Crippen LogP contribution in [0, 0.1) is 20.8 Å². The molecule has 0 aromatic heterocycles. The van der Waals surface area contributed by atoms with Crippen molar-refractivity contribution in [2.45, 2.75) is 20.8 Å². The maximum atomic E-state index is 3.35. The molecule has 0 heterocycles. The minimum Gasteiger partial charge on any atom is -0.375 e. The van der Waals surface area contributed by atoms with Crippen LogP contribution in [-0.4, -0.2) is 5.45 Å². The summed E-state index contributed by atoms with van der Waals surface area (Å²) in [6.07, 6.45) is 0. The number of nitrogens with one attached hydrogen (secondary N) is 1. The molecule has 0 atom stereocenters. The van der Waals surface area contributed by atoms with Gasteiger partial charge in [-0.2, -0.15) is 0 Å². The Labute approximate surface area is 82.3 Å². The van der Waals surface area contributed by atoms with Gasteiger partial charge in [0, 0.05) is 5.69 Å². The van der Waals surface area contributed by atoms with Crippen LogP contribution in [0.2, 0.25) is 0 Å². The van der Waals surface area contributed by atoms with Crippen LogP contribution in [0.25, 0.3) is 0 Å². The second-order valence-electron chi connectivity index (χ2n) is 3.06. The topological polar surface area (TPSA) is 12.0 Å². The zero-order valence-electron chi connectivity index (χ0n) is 7.74. The molecule has 0 amide bonds. The van der Waals surface area contributed by atoms with Crippen molar-refractivity contribution >= 4 is 21.6 Å². The number of hydrogen-bond acceptors (Lipinski definition) is 1. The Hall–Kier alpha value is -0.500. The highest BCUT2D eigenvalue weighted by molar-refractivity contribution is 9.09. The third-order valence-corrected chi connectivity index (χ3v) is 2.38. The van der Waals surface area contributed by atoms with E-state index in [1.165, 1.54) is 22.4 Å². The van der Waals surface area contributed by atoms with Gasteiger partial charge in [-0.25, -0.2) is 0 Å². The van der Waals surface area contributed by atoms with Gasteiger partial charge in [-0.15, -0.1) is 0 Å². The molecule has 1 aromatic rings. The van der Waals surface area contributed by atoms with E-state index in [4.69, 9.17) is 0 Å². The molecule has 66 valence electrons. The minimum absolute atomic E-state index is 0.802. The summed E-state index contributed by atoms with van der Waals surface area (Å²) in [5.41, 5.74) is 6.01. The van der Waals surface area contributed by atoms with Crippen LogP contribution < -0.4 is 5.32 Å². The molecule has 0 radical (unpaired) electrons. The van der Waals surface area contributed by atoms with Gasteiger partial charge >= 0.3 is 0 Å². The predicted molar refractivity (Wildman–Crippen MR) is 58.1 cm³/mol. The highest BCUT2D eigenvalue weighted by Gasteiger charge is 1.99. The molecular weight excluding hydrogens is 214 g/mol. The van der Waals surface area contributed by atoms with Gasteiger partial charge in [-0.05, 0) is 43.5 Å². The Morgan fingerprint density at radius 3 is 2.25 bits per heavy atom. The largest absolute Gasteiger partial charge is 0.375 e. The summed E-state index contributed by atoms with van der Waals surface area (Å²) in [5.74, 6) is 0. The lowest BCUT2D eigenvalue weighted by Crippen LogP contribution is -1.97. The molecule has 0 saturated heterocycles. The van der Waals surface area contributed by atoms with Crippen molar-refractivity contribution in [3.8, 4) is 0 Å². The van der Waals surface area contributed by atoms with E-state index < -0.39 is 0 Å². The van der Waals surface area contributed by atoms with E-state index in [-0.39, 0.29) is 0 Å². The molecule has 0 aliphatic carbocycles. The molecule has 1 nitrogen and oxygen atoms in total. The number of rotatable bonds is 2. The maximum absolute atomic E-state index is 3.35. The number of halogens is 1. The molecule has 0 bridgehead atoms. The van der Waals surface area contributed by atoms with Crippen molar-refractivity contribution in [1.82, 2.24) is 0 Å². The van der Waals surface area contributed by atoms with Crippen LogP contribution in [0.5, 0.6) is 0 Å². The molecule has 0 aliphatic heterocycles. The molecule has 1 N–H and O–H groups in total. The van der Waals surface area contributed by atoms with Crippen LogP contribution in [0.1, 0.15) is 16.7 Å². The Balaban J connectivity index is 3.05. The van der Waals surface area contributed by atoms with E-state index in [0.717, 1.165) is 5.45 Å². The molecule has 12 heavy (non-hydrogen) atoms. The third kappa shape index (κ3) is 2.01. The highest BCUT2D eigenvalue weighted by atomic mass is 79.9. The summed E-state index contributed by atoms with van der Waals surface area (Å²) in [6.45, 7) is 6.39. The van der Waals surface area contributed by atoms with Gasteiger partial charge in [0.15, 0.2) is 0 Å². The van der Waals surface area contributed by atoms with Gasteiger partial charge in [0.1, 0.15) is 0 Å². The third-order valence-electron chi connectivity index (χ3n) is 2.10. The van der Waals surface area contributed by atoms with Gasteiger partial charge in [-0.3, -0.25) is 0 Å². The van der Waals surface area contributed by atoms with Crippen LogP contribution in [0.4, 0.5) is 5.69 Å². The fraction of sp³-hybridized carbons (Fsp3) is 0.400. The molecule has 1 aromatic carbocycles. The lowest BCUT2D eigenvalue weighted by atomic mass is 10.1. The first-order valence-electron chi connectivity index (χ1n) is 4.03. The second-order valence-corrected chi connectivity index (χ2v) is 3.62. The number of alkyl halides is 1. The zero-order chi connectivity index (χ0) is 9.14. The quantitative estimate of drug-likeness (QED) is 0.604. The van der Waals surface area contributed by atoms with Gasteiger partial charge in [-0.1, -0.05) is 22.0 Å². The van der Waals surface area contributed by atoms with Crippen LogP contribution in [0.3, 0.4) is 0 Å². The zero-order valence-corrected chi connectivity index (χ0v) is 9.33. The fourth-order valence-electron chi connectivity index (χ4n) is 1.22. The molecule has 0 spiro atoms. The molecule has 1 rings (SSSR count). The van der Waals surface area contributed by atoms with Crippen molar-refractivity contribution in [1.29, 1.82) is 0 Å². The lowest BCUT2D eigenvalue weighted by Gasteiger charge is -2.09. The first kappa shape index (κ1) is 9.59. The van der Waals surface area contributed by atoms with E-state index in [9.17, 15) is 0 Å². The van der Waals surface area contributed by atoms with Crippen LogP contribution in [-0.2, 0) is 0 Å². The van der Waals surface area contributed by atoms with Crippen LogP contribution in [0.15, 0.2) is 12.1 Å². The Morgan fingerprint density at radius 2 is 1.67 bits per heavy atom. The van der Waals surface area contributed by atoms with Crippen molar-refractivity contribution < 1.29 is 0 Å². The summed E-state index contributed by atoms with van der Waals surface area (Å²) < 4.78 is 0. The monoisotopic (exact) mass is 227 g/mol. The summed E-state index contributed by atoms with van der Waals surface area (Å²) in [5, 5.41) is 3.26. The van der Waals surface area contributed by atoms with Gasteiger partial charge < -0.3 is 5.32 Å². The summed E-state index contributed by atoms with van der Waals surface area (Å²) in [7, 11) is 0. The van der Waals surface area contributed by atoms with E-state index in [1.807, 2.05) is 0 Å². The molecule has 2 heteroatoms. The average molecular weight is 228 g/mol. The van der Waals surface area contributed by atoms with E-state index in [1.54, 1.807) is 0 Å². The van der Waals surface area contributed by atoms with E-state index >= 15 is 0 Å². The lowest BCUT2D eigenvalue weighted by molar-refractivity contribution is 1.28. The van der Waals surface area contributed by atoms with Gasteiger partial charge in [0.05, 0.1) is 5.45 Å². The second kappa shape index (κ2) is 3.94. The van der Waals surface area contributed by atoms with E-state index in [0.29, 0.717) is 0 Å². The highest BCUT2D eigenvalue weighted by Crippen LogP contribution is 2.19. The maximum Gasteiger partial charge on any atom is 0.0707 e. The van der Waals surface area contributed by atoms with Crippen LogP contribution >= 0.6 is 15.9 Å². The number of aryl methyl sites for hydroxylation is 3.